The predicted octanol–water partition coefficient (Wildman–Crippen LogP) is 2.11. The second-order valence-electron chi connectivity index (χ2n) is 4.42. The highest BCUT2D eigenvalue weighted by atomic mass is 16.5. The van der Waals surface area contributed by atoms with Crippen LogP contribution in [0.3, 0.4) is 0 Å². The van der Waals surface area contributed by atoms with Crippen LogP contribution in [0.15, 0.2) is 24.3 Å². The van der Waals surface area contributed by atoms with E-state index in [1.807, 2.05) is 0 Å². The minimum absolute atomic E-state index is 0.641. The third-order valence-electron chi connectivity index (χ3n) is 2.87. The first-order valence-corrected chi connectivity index (χ1v) is 6.65. The van der Waals surface area contributed by atoms with Crippen molar-refractivity contribution in [1.82, 2.24) is 0 Å². The fraction of sp³-hybridized carbons (Fsp3) is 0.600. The number of ether oxygens (including phenoxy) is 3. The van der Waals surface area contributed by atoms with Crippen LogP contribution in [0, 0.1) is 6.92 Å². The minimum atomic E-state index is 0.641. The number of rotatable bonds is 10. The summed E-state index contributed by atoms with van der Waals surface area (Å²) in [6.07, 6.45) is 0. The van der Waals surface area contributed by atoms with E-state index in [2.05, 4.69) is 36.1 Å². The molecule has 0 heterocycles. The molecule has 0 fully saturated rings. The van der Waals surface area contributed by atoms with E-state index in [0.717, 1.165) is 13.1 Å². The maximum Gasteiger partial charge on any atom is 0.0701 e. The molecular weight excluding hydrogens is 242 g/mol. The number of hydrogen-bond acceptors (Lipinski definition) is 4. The van der Waals surface area contributed by atoms with Gasteiger partial charge in [-0.3, -0.25) is 0 Å². The lowest BCUT2D eigenvalue weighted by molar-refractivity contribution is 0.0736. The van der Waals surface area contributed by atoms with Crippen LogP contribution in [-0.4, -0.2) is 53.7 Å². The lowest BCUT2D eigenvalue weighted by atomic mass is 10.2. The van der Waals surface area contributed by atoms with Crippen molar-refractivity contribution < 1.29 is 14.2 Å². The third kappa shape index (κ3) is 6.57. The Kier molecular flexibility index (Phi) is 8.21. The maximum absolute atomic E-state index is 5.53. The summed E-state index contributed by atoms with van der Waals surface area (Å²) in [5, 5.41) is 0. The number of nitrogens with zero attached hydrogens (tertiary/aromatic N) is 1. The second kappa shape index (κ2) is 9.78. The van der Waals surface area contributed by atoms with Crippen LogP contribution in [0.1, 0.15) is 5.56 Å². The third-order valence-corrected chi connectivity index (χ3v) is 2.87. The average molecular weight is 267 g/mol. The molecule has 0 aliphatic heterocycles. The summed E-state index contributed by atoms with van der Waals surface area (Å²) >= 11 is 0. The zero-order valence-electron chi connectivity index (χ0n) is 12.2. The van der Waals surface area contributed by atoms with E-state index in [-0.39, 0.29) is 0 Å². The van der Waals surface area contributed by atoms with Gasteiger partial charge in [-0.05, 0) is 24.6 Å². The van der Waals surface area contributed by atoms with Gasteiger partial charge in [0.2, 0.25) is 0 Å². The molecular formula is C15H25NO3. The van der Waals surface area contributed by atoms with Crippen molar-refractivity contribution in [2.45, 2.75) is 6.92 Å². The van der Waals surface area contributed by atoms with Crippen LogP contribution < -0.4 is 4.90 Å². The predicted molar refractivity (Wildman–Crippen MR) is 78.0 cm³/mol. The molecule has 0 spiro atoms. The van der Waals surface area contributed by atoms with Gasteiger partial charge in [0, 0.05) is 33.0 Å². The molecule has 4 heteroatoms. The normalized spacial score (nSPS) is 10.7. The van der Waals surface area contributed by atoms with Gasteiger partial charge >= 0.3 is 0 Å². The Bertz CT molecular complexity index is 344. The van der Waals surface area contributed by atoms with Gasteiger partial charge in [0.1, 0.15) is 0 Å². The number of methoxy groups -OCH3 is 2. The second-order valence-corrected chi connectivity index (χ2v) is 4.42. The first-order chi connectivity index (χ1) is 9.27. The van der Waals surface area contributed by atoms with E-state index in [4.69, 9.17) is 14.2 Å². The molecule has 4 nitrogen and oxygen atoms in total. The van der Waals surface area contributed by atoms with Crippen molar-refractivity contribution >= 4 is 5.69 Å². The molecule has 1 aromatic carbocycles. The van der Waals surface area contributed by atoms with Gasteiger partial charge < -0.3 is 19.1 Å². The van der Waals surface area contributed by atoms with E-state index in [1.54, 1.807) is 14.2 Å². The summed E-state index contributed by atoms with van der Waals surface area (Å²) in [5.41, 5.74) is 2.48. The van der Waals surface area contributed by atoms with Gasteiger partial charge in [-0.1, -0.05) is 12.1 Å². The largest absolute Gasteiger partial charge is 0.383 e. The Hall–Kier alpha value is -1.10. The van der Waals surface area contributed by atoms with Crippen molar-refractivity contribution in [3.8, 4) is 0 Å². The van der Waals surface area contributed by atoms with Crippen molar-refractivity contribution in [2.75, 3.05) is 58.6 Å². The summed E-state index contributed by atoms with van der Waals surface area (Å²) in [6.45, 7) is 6.52. The van der Waals surface area contributed by atoms with Crippen molar-refractivity contribution in [3.63, 3.8) is 0 Å². The van der Waals surface area contributed by atoms with Crippen molar-refractivity contribution in [2.24, 2.45) is 0 Å². The topological polar surface area (TPSA) is 30.9 Å². The number of benzene rings is 1. The van der Waals surface area contributed by atoms with Crippen LogP contribution in [-0.2, 0) is 14.2 Å². The highest BCUT2D eigenvalue weighted by Gasteiger charge is 2.06. The monoisotopic (exact) mass is 267 g/mol. The Morgan fingerprint density at radius 2 is 1.68 bits per heavy atom. The van der Waals surface area contributed by atoms with E-state index in [1.165, 1.54) is 11.3 Å². The summed E-state index contributed by atoms with van der Waals surface area (Å²) in [5.74, 6) is 0. The molecule has 0 radical (unpaired) electrons. The molecule has 0 saturated heterocycles. The van der Waals surface area contributed by atoms with Crippen LogP contribution in [0.5, 0.6) is 0 Å². The molecule has 0 aliphatic rings. The summed E-state index contributed by atoms with van der Waals surface area (Å²) in [6, 6.07) is 8.49. The van der Waals surface area contributed by atoms with E-state index >= 15 is 0 Å². The molecule has 1 aromatic rings. The smallest absolute Gasteiger partial charge is 0.0701 e. The first kappa shape index (κ1) is 16.0. The zero-order valence-corrected chi connectivity index (χ0v) is 12.2. The number of anilines is 1. The summed E-state index contributed by atoms with van der Waals surface area (Å²) in [4.78, 5) is 2.28. The van der Waals surface area contributed by atoms with Crippen LogP contribution in [0.4, 0.5) is 5.69 Å². The Balaban J connectivity index is 2.47. The van der Waals surface area contributed by atoms with Gasteiger partial charge in [0.05, 0.1) is 26.4 Å². The van der Waals surface area contributed by atoms with Gasteiger partial charge in [-0.15, -0.1) is 0 Å². The fourth-order valence-electron chi connectivity index (χ4n) is 1.82. The molecule has 108 valence electrons. The average Bonchev–Trinajstić information content (AvgIpc) is 2.42. The van der Waals surface area contributed by atoms with Gasteiger partial charge in [-0.25, -0.2) is 0 Å². The molecule has 19 heavy (non-hydrogen) atoms. The quantitative estimate of drug-likeness (QED) is 0.608. The first-order valence-electron chi connectivity index (χ1n) is 6.65. The zero-order chi connectivity index (χ0) is 13.9. The van der Waals surface area contributed by atoms with Crippen LogP contribution in [0.2, 0.25) is 0 Å². The lowest BCUT2D eigenvalue weighted by Crippen LogP contribution is -2.31. The molecule has 0 atom stereocenters. The molecule has 0 bridgehead atoms. The maximum atomic E-state index is 5.53. The van der Waals surface area contributed by atoms with Crippen LogP contribution >= 0.6 is 0 Å². The standard InChI is InChI=1S/C15H25NO3/c1-14-5-4-6-15(13-14)16(7-9-17-2)8-10-19-12-11-18-3/h4-6,13H,7-12H2,1-3H3. The highest BCUT2D eigenvalue weighted by molar-refractivity contribution is 5.48. The number of aryl methyl sites for hydroxylation is 1. The molecule has 0 aromatic heterocycles. The van der Waals surface area contributed by atoms with E-state index in [0.29, 0.717) is 26.4 Å². The molecule has 0 unspecified atom stereocenters. The Labute approximate surface area is 116 Å². The highest BCUT2D eigenvalue weighted by Crippen LogP contribution is 2.15. The molecule has 0 saturated carbocycles. The molecule has 0 aliphatic carbocycles. The summed E-state index contributed by atoms with van der Waals surface area (Å²) in [7, 11) is 3.41. The fourth-order valence-corrected chi connectivity index (χ4v) is 1.82. The SMILES string of the molecule is COCCOCCN(CCOC)c1cccc(C)c1. The Morgan fingerprint density at radius 1 is 0.947 bits per heavy atom. The molecule has 0 amide bonds. The van der Waals surface area contributed by atoms with Gasteiger partial charge in [0.15, 0.2) is 0 Å². The van der Waals surface area contributed by atoms with Crippen LogP contribution in [0.25, 0.3) is 0 Å². The summed E-state index contributed by atoms with van der Waals surface area (Å²) < 4.78 is 15.7. The molecule has 1 rings (SSSR count). The van der Waals surface area contributed by atoms with Gasteiger partial charge in [0.25, 0.3) is 0 Å². The Morgan fingerprint density at radius 3 is 2.37 bits per heavy atom. The van der Waals surface area contributed by atoms with Gasteiger partial charge in [-0.2, -0.15) is 0 Å². The van der Waals surface area contributed by atoms with Crippen molar-refractivity contribution in [1.29, 1.82) is 0 Å². The minimum Gasteiger partial charge on any atom is -0.383 e. The van der Waals surface area contributed by atoms with Crippen molar-refractivity contribution in [3.05, 3.63) is 29.8 Å². The molecule has 0 N–H and O–H groups in total. The van der Waals surface area contributed by atoms with E-state index < -0.39 is 0 Å². The number of hydrogen-bond donors (Lipinski definition) is 0. The lowest BCUT2D eigenvalue weighted by Gasteiger charge is -2.24. The van der Waals surface area contributed by atoms with E-state index in [9.17, 15) is 0 Å².